The molecule has 10 N–H and O–H groups in total. The number of halogens is 2. The Morgan fingerprint density at radius 1 is 0.810 bits per heavy atom. The molecule has 0 unspecified atom stereocenters. The first-order valence-corrected chi connectivity index (χ1v) is 19.2. The van der Waals surface area contributed by atoms with Crippen molar-refractivity contribution in [3.8, 4) is 0 Å². The van der Waals surface area contributed by atoms with E-state index >= 15 is 0 Å². The van der Waals surface area contributed by atoms with Crippen LogP contribution < -0.4 is 32.2 Å². The van der Waals surface area contributed by atoms with Crippen LogP contribution in [0.25, 0.3) is 0 Å². The fraction of sp³-hybridized carbons (Fsp3) is 0.514. The van der Waals surface area contributed by atoms with E-state index in [1.807, 2.05) is 6.92 Å². The maximum absolute atomic E-state index is 14.6. The molecular formula is C37H51B2F2N5O12. The fourth-order valence-corrected chi connectivity index (χ4v) is 6.56. The number of nitrogens with one attached hydrogen (secondary N) is 4. The lowest BCUT2D eigenvalue weighted by Crippen LogP contribution is -2.54. The van der Waals surface area contributed by atoms with Gasteiger partial charge in [0.15, 0.2) is 6.04 Å². The first kappa shape index (κ1) is 47.4. The van der Waals surface area contributed by atoms with Crippen LogP contribution in [0.15, 0.2) is 36.4 Å². The van der Waals surface area contributed by atoms with Crippen molar-refractivity contribution in [2.75, 3.05) is 19.6 Å². The van der Waals surface area contributed by atoms with Crippen LogP contribution in [0.4, 0.5) is 8.78 Å². The third kappa shape index (κ3) is 13.6. The summed E-state index contributed by atoms with van der Waals surface area (Å²) in [5.41, 5.74) is -1.19. The zero-order chi connectivity index (χ0) is 43.1. The van der Waals surface area contributed by atoms with E-state index in [1.54, 1.807) is 0 Å². The number of unbranched alkanes of at least 4 members (excludes halogenated alkanes) is 2. The highest BCUT2D eigenvalue weighted by Crippen LogP contribution is 2.24. The Labute approximate surface area is 334 Å². The van der Waals surface area contributed by atoms with Crippen LogP contribution >= 0.6 is 0 Å². The zero-order valence-electron chi connectivity index (χ0n) is 32.3. The highest BCUT2D eigenvalue weighted by molar-refractivity contribution is 6.59. The van der Waals surface area contributed by atoms with E-state index in [0.717, 1.165) is 36.4 Å². The Bertz CT molecular complexity index is 1770. The van der Waals surface area contributed by atoms with Crippen LogP contribution in [0.2, 0.25) is 0 Å². The molecule has 1 saturated heterocycles. The predicted molar refractivity (Wildman–Crippen MR) is 207 cm³/mol. The lowest BCUT2D eigenvalue weighted by atomic mass is 9.79. The number of nitrogens with zero attached hydrogens (tertiary/aromatic N) is 1. The number of aliphatic hydroxyl groups excluding tert-OH is 1. The van der Waals surface area contributed by atoms with Gasteiger partial charge >= 0.3 is 20.2 Å². The van der Waals surface area contributed by atoms with Crippen LogP contribution in [-0.2, 0) is 19.2 Å². The summed E-state index contributed by atoms with van der Waals surface area (Å²) in [5, 5.41) is 66.8. The van der Waals surface area contributed by atoms with Gasteiger partial charge in [0.05, 0.1) is 17.2 Å². The number of hydrogen-bond donors (Lipinski definition) is 10. The number of aliphatic carboxylic acids is 1. The fourth-order valence-electron chi connectivity index (χ4n) is 6.56. The summed E-state index contributed by atoms with van der Waals surface area (Å²) >= 11 is 0. The average Bonchev–Trinajstić information content (AvgIpc) is 3.67. The molecular weight excluding hydrogens is 766 g/mol. The summed E-state index contributed by atoms with van der Waals surface area (Å²) in [6.07, 6.45) is 1.79. The largest absolute Gasteiger partial charge is 0.488 e. The normalized spacial score (nSPS) is 15.7. The summed E-state index contributed by atoms with van der Waals surface area (Å²) in [4.78, 5) is 78.3. The van der Waals surface area contributed by atoms with E-state index < -0.39 is 96.7 Å². The molecule has 1 aliphatic rings. The predicted octanol–water partition coefficient (Wildman–Crippen LogP) is -1.72. The smallest absolute Gasteiger partial charge is 0.480 e. The molecule has 17 nitrogen and oxygen atoms in total. The highest BCUT2D eigenvalue weighted by atomic mass is 19.1. The van der Waals surface area contributed by atoms with E-state index in [1.165, 1.54) is 11.8 Å². The number of aliphatic hydroxyl groups is 1. The van der Waals surface area contributed by atoms with Gasteiger partial charge in [-0.15, -0.1) is 0 Å². The number of likely N-dealkylation sites (tertiary alicyclic amines) is 1. The van der Waals surface area contributed by atoms with Crippen molar-refractivity contribution in [3.63, 3.8) is 0 Å². The summed E-state index contributed by atoms with van der Waals surface area (Å²) in [5.74, 6) is -7.09. The van der Waals surface area contributed by atoms with Crippen LogP contribution in [0.1, 0.15) is 92.4 Å². The molecule has 1 aliphatic heterocycles. The minimum atomic E-state index is -1.99. The molecule has 1 fully saturated rings. The van der Waals surface area contributed by atoms with Crippen molar-refractivity contribution < 1.29 is 67.9 Å². The van der Waals surface area contributed by atoms with Crippen molar-refractivity contribution in [2.24, 2.45) is 5.92 Å². The highest BCUT2D eigenvalue weighted by Gasteiger charge is 2.38. The zero-order valence-corrected chi connectivity index (χ0v) is 32.3. The Balaban J connectivity index is 1.58. The number of carbonyl (C=O) groups excluding carboxylic acids is 5. The number of carbonyl (C=O) groups is 6. The van der Waals surface area contributed by atoms with Crippen LogP contribution in [0, 0.1) is 17.6 Å². The van der Waals surface area contributed by atoms with Gasteiger partial charge < -0.3 is 56.5 Å². The minimum absolute atomic E-state index is 0.0132. The van der Waals surface area contributed by atoms with Gasteiger partial charge in [-0.05, 0) is 93.5 Å². The lowest BCUT2D eigenvalue weighted by Gasteiger charge is -2.29. The summed E-state index contributed by atoms with van der Waals surface area (Å²) in [6.45, 7) is 3.51. The van der Waals surface area contributed by atoms with E-state index in [0.29, 0.717) is 45.1 Å². The second kappa shape index (κ2) is 22.8. The number of carboxylic acids is 1. The van der Waals surface area contributed by atoms with Gasteiger partial charge in [0.25, 0.3) is 11.8 Å². The summed E-state index contributed by atoms with van der Waals surface area (Å²) in [7, 11) is -3.90. The second-order valence-corrected chi connectivity index (χ2v) is 14.2. The first-order valence-electron chi connectivity index (χ1n) is 19.2. The maximum Gasteiger partial charge on any atom is 0.488 e. The Morgan fingerprint density at radius 2 is 1.36 bits per heavy atom. The first-order chi connectivity index (χ1) is 27.5. The molecule has 5 atom stereocenters. The Hall–Kier alpha value is -4.95. The van der Waals surface area contributed by atoms with Crippen LogP contribution in [-0.4, -0.2) is 129 Å². The minimum Gasteiger partial charge on any atom is -0.480 e. The molecule has 0 bridgehead atoms. The number of benzene rings is 2. The van der Waals surface area contributed by atoms with Crippen molar-refractivity contribution >= 4 is 60.7 Å². The van der Waals surface area contributed by atoms with Gasteiger partial charge in [0, 0.05) is 25.6 Å². The average molecular weight is 817 g/mol. The molecule has 2 aromatic rings. The Kier molecular flexibility index (Phi) is 18.7. The molecule has 5 amide bonds. The van der Waals surface area contributed by atoms with Crippen molar-refractivity contribution in [3.05, 3.63) is 59.2 Å². The van der Waals surface area contributed by atoms with E-state index in [2.05, 4.69) is 21.3 Å². The number of amides is 5. The summed E-state index contributed by atoms with van der Waals surface area (Å²) < 4.78 is 28.8. The third-order valence-corrected chi connectivity index (χ3v) is 9.90. The van der Waals surface area contributed by atoms with Crippen LogP contribution in [0.5, 0.6) is 0 Å². The standard InChI is InChI=1S/C37H51B2F2N5O12/c1-3-22(36(52)46-18-8-11-30(46)35(51)45-31(21(2)47)37(53)54)9-4-6-17-43-34(50)29(44-33(49)26-20-24(39(57)58)13-15-28(26)41)10-5-7-16-42-32(48)25-19-23(38(55)56)12-14-27(25)40/h12-15,19-22,29-31,47,55-58H,3-11,16-18H2,1-2H3,(H,42,48)(H,43,50)(H,44,49)(H,45,51)(H,53,54)/t21-,22+,29+,30+,31+/m1/s1. The van der Waals surface area contributed by atoms with Gasteiger partial charge in [-0.3, -0.25) is 24.0 Å². The van der Waals surface area contributed by atoms with Gasteiger partial charge in [-0.2, -0.15) is 0 Å². The van der Waals surface area contributed by atoms with Gasteiger partial charge in [-0.25, -0.2) is 13.6 Å². The molecule has 1 heterocycles. The SMILES string of the molecule is CC[C@@H](CCCCNC(=O)[C@H](CCCCNC(=O)c1cc(B(O)O)ccc1F)NC(=O)c1cc(B(O)O)ccc1F)C(=O)N1CCC[C@H]1C(=O)N[C@H](C(=O)O)[C@@H](C)O. The van der Waals surface area contributed by atoms with E-state index in [-0.39, 0.29) is 49.2 Å². The van der Waals surface area contributed by atoms with Crippen molar-refractivity contribution in [2.45, 2.75) is 95.9 Å². The van der Waals surface area contributed by atoms with Crippen LogP contribution in [0.3, 0.4) is 0 Å². The molecule has 0 radical (unpaired) electrons. The van der Waals surface area contributed by atoms with Gasteiger partial charge in [-0.1, -0.05) is 25.5 Å². The molecule has 316 valence electrons. The monoisotopic (exact) mass is 817 g/mol. The molecule has 0 aliphatic carbocycles. The molecule has 2 aromatic carbocycles. The maximum atomic E-state index is 14.6. The molecule has 58 heavy (non-hydrogen) atoms. The number of hydrogen-bond acceptors (Lipinski definition) is 11. The number of carboxylic acid groups (broad SMARTS) is 1. The topological polar surface area (TPSA) is 275 Å². The van der Waals surface area contributed by atoms with E-state index in [4.69, 9.17) is 0 Å². The lowest BCUT2D eigenvalue weighted by molar-refractivity contribution is -0.147. The van der Waals surface area contributed by atoms with E-state index in [9.17, 15) is 67.9 Å². The second-order valence-electron chi connectivity index (χ2n) is 14.2. The van der Waals surface area contributed by atoms with Gasteiger partial charge in [0.1, 0.15) is 23.7 Å². The third-order valence-electron chi connectivity index (χ3n) is 9.90. The Morgan fingerprint density at radius 3 is 1.90 bits per heavy atom. The molecule has 3 rings (SSSR count). The quantitative estimate of drug-likeness (QED) is 0.0470. The number of rotatable bonds is 22. The molecule has 0 aromatic heterocycles. The van der Waals surface area contributed by atoms with Crippen molar-refractivity contribution in [1.29, 1.82) is 0 Å². The molecule has 0 spiro atoms. The molecule has 21 heteroatoms. The van der Waals surface area contributed by atoms with Crippen molar-refractivity contribution in [1.82, 2.24) is 26.2 Å². The summed E-state index contributed by atoms with van der Waals surface area (Å²) in [6, 6.07) is 2.32. The molecule has 0 saturated carbocycles. The van der Waals surface area contributed by atoms with Gasteiger partial charge in [0.2, 0.25) is 17.7 Å².